The van der Waals surface area contributed by atoms with Crippen LogP contribution in [0.25, 0.3) is 0 Å². The van der Waals surface area contributed by atoms with E-state index in [2.05, 4.69) is 15.9 Å². The molecule has 98 valence electrons. The number of rotatable bonds is 2. The van der Waals surface area contributed by atoms with Crippen LogP contribution in [0.3, 0.4) is 0 Å². The van der Waals surface area contributed by atoms with E-state index in [9.17, 15) is 22.7 Å². The van der Waals surface area contributed by atoms with Gasteiger partial charge in [-0.05, 0) is 12.1 Å². The average Bonchev–Trinajstić information content (AvgIpc) is 2.18. The summed E-state index contributed by atoms with van der Waals surface area (Å²) in [5.41, 5.74) is 3.74. The number of phenolic OH excluding ortho intramolecular Hbond substituents is 1. The number of alkyl halides is 4. The second kappa shape index (κ2) is 5.88. The highest BCUT2D eigenvalue weighted by atomic mass is 79.9. The number of phenols is 1. The molecule has 0 aliphatic rings. The number of aromatic hydroxyl groups is 1. The van der Waals surface area contributed by atoms with Crippen molar-refractivity contribution >= 4 is 28.3 Å². The first-order valence-corrected chi connectivity index (χ1v) is 4.97. The minimum atomic E-state index is -4.71. The van der Waals surface area contributed by atoms with Crippen LogP contribution >= 0.6 is 28.3 Å². The molecule has 0 fully saturated rings. The summed E-state index contributed by atoms with van der Waals surface area (Å²) >= 11 is 2.85. The molecule has 1 aromatic rings. The van der Waals surface area contributed by atoms with Gasteiger partial charge in [0, 0.05) is 10.0 Å². The summed E-state index contributed by atoms with van der Waals surface area (Å²) in [6, 6.07) is 0.595. The van der Waals surface area contributed by atoms with Gasteiger partial charge >= 0.3 is 6.18 Å². The van der Waals surface area contributed by atoms with Crippen LogP contribution in [0.5, 0.6) is 5.75 Å². The van der Waals surface area contributed by atoms with Crippen molar-refractivity contribution < 1.29 is 22.7 Å². The fraction of sp³-hybridized carbons (Fsp3) is 0.333. The Morgan fingerprint density at radius 2 is 1.88 bits per heavy atom. The summed E-state index contributed by atoms with van der Waals surface area (Å²) in [6.45, 7) is -1.05. The lowest BCUT2D eigenvalue weighted by molar-refractivity contribution is -0.138. The molecule has 0 aromatic heterocycles. The molecule has 17 heavy (non-hydrogen) atoms. The third kappa shape index (κ3) is 3.72. The summed E-state index contributed by atoms with van der Waals surface area (Å²) in [5, 5.41) is 9.36. The summed E-state index contributed by atoms with van der Waals surface area (Å²) in [7, 11) is 0. The fourth-order valence-electron chi connectivity index (χ4n) is 1.20. The minimum absolute atomic E-state index is 0. The maximum absolute atomic E-state index is 12.5. The van der Waals surface area contributed by atoms with Gasteiger partial charge in [0.25, 0.3) is 0 Å². The molecule has 1 atom stereocenters. The Balaban J connectivity index is 0.00000256. The lowest BCUT2D eigenvalue weighted by atomic mass is 10.0. The zero-order chi connectivity index (χ0) is 12.5. The molecule has 0 aliphatic carbocycles. The molecule has 0 aliphatic heterocycles. The molecule has 3 N–H and O–H groups in total. The lowest BCUT2D eigenvalue weighted by Gasteiger charge is -2.16. The average molecular weight is 339 g/mol. The molecule has 8 heteroatoms. The highest BCUT2D eigenvalue weighted by Gasteiger charge is 2.35. The van der Waals surface area contributed by atoms with Gasteiger partial charge in [0.15, 0.2) is 0 Å². The maximum Gasteiger partial charge on any atom is 0.420 e. The molecular formula is C9H9BrClF4NO. The molecule has 0 saturated heterocycles. The van der Waals surface area contributed by atoms with Crippen molar-refractivity contribution in [1.82, 2.24) is 0 Å². The van der Waals surface area contributed by atoms with Gasteiger partial charge in [-0.15, -0.1) is 12.4 Å². The number of benzene rings is 1. The van der Waals surface area contributed by atoms with Crippen LogP contribution in [0.2, 0.25) is 0 Å². The standard InChI is InChI=1S/C9H8BrF4NO.ClH/c10-4-1-5(7(15)3-11)8(16)6(2-4)9(12,13)14;/h1-2,7,16H,3,15H2;1H/t7-;/m1./s1. The van der Waals surface area contributed by atoms with Gasteiger partial charge in [-0.1, -0.05) is 15.9 Å². The van der Waals surface area contributed by atoms with Gasteiger partial charge in [-0.2, -0.15) is 13.2 Å². The zero-order valence-corrected chi connectivity index (χ0v) is 10.7. The Morgan fingerprint density at radius 3 is 2.29 bits per heavy atom. The van der Waals surface area contributed by atoms with E-state index < -0.39 is 30.2 Å². The van der Waals surface area contributed by atoms with Crippen molar-refractivity contribution in [3.63, 3.8) is 0 Å². The smallest absolute Gasteiger partial charge is 0.420 e. The highest BCUT2D eigenvalue weighted by Crippen LogP contribution is 2.41. The molecule has 0 bridgehead atoms. The van der Waals surface area contributed by atoms with Crippen LogP contribution in [0.4, 0.5) is 17.6 Å². The van der Waals surface area contributed by atoms with Crippen molar-refractivity contribution in [2.75, 3.05) is 6.67 Å². The third-order valence-corrected chi connectivity index (χ3v) is 2.43. The van der Waals surface area contributed by atoms with Gasteiger partial charge in [0.1, 0.15) is 12.4 Å². The molecule has 2 nitrogen and oxygen atoms in total. The van der Waals surface area contributed by atoms with E-state index in [0.717, 1.165) is 6.07 Å². The molecule has 1 aromatic carbocycles. The number of hydrogen-bond donors (Lipinski definition) is 2. The van der Waals surface area contributed by atoms with Gasteiger partial charge in [-0.3, -0.25) is 0 Å². The molecule has 0 spiro atoms. The Hall–Kier alpha value is -0.530. The van der Waals surface area contributed by atoms with Gasteiger partial charge in [0.2, 0.25) is 0 Å². The normalized spacial score (nSPS) is 13.1. The van der Waals surface area contributed by atoms with E-state index in [-0.39, 0.29) is 22.4 Å². The van der Waals surface area contributed by atoms with Crippen molar-refractivity contribution in [2.24, 2.45) is 5.73 Å². The molecule has 1 rings (SSSR count). The molecule has 0 heterocycles. The molecule has 0 amide bonds. The van der Waals surface area contributed by atoms with E-state index in [0.29, 0.717) is 6.07 Å². The van der Waals surface area contributed by atoms with Gasteiger partial charge < -0.3 is 10.8 Å². The Bertz CT molecular complexity index is 399. The Morgan fingerprint density at radius 1 is 1.35 bits per heavy atom. The maximum atomic E-state index is 12.5. The zero-order valence-electron chi connectivity index (χ0n) is 8.26. The summed E-state index contributed by atoms with van der Waals surface area (Å²) in [6.07, 6.45) is -4.71. The fourth-order valence-corrected chi connectivity index (χ4v) is 1.68. The summed E-state index contributed by atoms with van der Waals surface area (Å²) < 4.78 is 49.7. The quantitative estimate of drug-likeness (QED) is 0.810. The first-order valence-electron chi connectivity index (χ1n) is 4.18. The minimum Gasteiger partial charge on any atom is -0.507 e. The largest absolute Gasteiger partial charge is 0.507 e. The first-order chi connectivity index (χ1) is 7.27. The van der Waals surface area contributed by atoms with Crippen LogP contribution in [-0.2, 0) is 6.18 Å². The predicted octanol–water partition coefficient (Wildman–Crippen LogP) is 3.56. The van der Waals surface area contributed by atoms with Crippen LogP contribution in [-0.4, -0.2) is 11.8 Å². The van der Waals surface area contributed by atoms with E-state index in [1.165, 1.54) is 0 Å². The first kappa shape index (κ1) is 16.5. The predicted molar refractivity (Wildman–Crippen MR) is 61.0 cm³/mol. The monoisotopic (exact) mass is 337 g/mol. The highest BCUT2D eigenvalue weighted by molar-refractivity contribution is 9.10. The lowest BCUT2D eigenvalue weighted by Crippen LogP contribution is -2.15. The van der Waals surface area contributed by atoms with Crippen LogP contribution in [0.15, 0.2) is 16.6 Å². The van der Waals surface area contributed by atoms with Crippen molar-refractivity contribution in [3.05, 3.63) is 27.7 Å². The molecular weight excluding hydrogens is 329 g/mol. The van der Waals surface area contributed by atoms with Gasteiger partial charge in [0.05, 0.1) is 11.6 Å². The van der Waals surface area contributed by atoms with Crippen molar-refractivity contribution in [1.29, 1.82) is 0 Å². The SMILES string of the molecule is Cl.N[C@H](CF)c1cc(Br)cc(C(F)(F)F)c1O. The molecule has 0 radical (unpaired) electrons. The second-order valence-electron chi connectivity index (χ2n) is 3.15. The van der Waals surface area contributed by atoms with E-state index in [4.69, 9.17) is 5.73 Å². The summed E-state index contributed by atoms with van der Waals surface area (Å²) in [4.78, 5) is 0. The van der Waals surface area contributed by atoms with E-state index in [1.54, 1.807) is 0 Å². The van der Waals surface area contributed by atoms with Gasteiger partial charge in [-0.25, -0.2) is 4.39 Å². The topological polar surface area (TPSA) is 46.2 Å². The van der Waals surface area contributed by atoms with Crippen LogP contribution in [0.1, 0.15) is 17.2 Å². The van der Waals surface area contributed by atoms with Crippen molar-refractivity contribution in [3.8, 4) is 5.75 Å². The third-order valence-electron chi connectivity index (χ3n) is 1.98. The molecule has 0 unspecified atom stereocenters. The number of halogens is 6. The Labute approximate surface area is 109 Å². The number of nitrogens with two attached hydrogens (primary N) is 1. The second-order valence-corrected chi connectivity index (χ2v) is 4.07. The van der Waals surface area contributed by atoms with E-state index >= 15 is 0 Å². The van der Waals surface area contributed by atoms with E-state index in [1.807, 2.05) is 0 Å². The number of hydrogen-bond acceptors (Lipinski definition) is 2. The van der Waals surface area contributed by atoms with Crippen LogP contribution < -0.4 is 5.73 Å². The van der Waals surface area contributed by atoms with Crippen molar-refractivity contribution in [2.45, 2.75) is 12.2 Å². The molecule has 0 saturated carbocycles. The Kier molecular flexibility index (Phi) is 5.70. The summed E-state index contributed by atoms with van der Waals surface area (Å²) in [5.74, 6) is -1.03. The van der Waals surface area contributed by atoms with Crippen LogP contribution in [0, 0.1) is 0 Å².